The summed E-state index contributed by atoms with van der Waals surface area (Å²) in [5.74, 6) is 0. The van der Waals surface area contributed by atoms with Gasteiger partial charge in [0, 0.05) is 17.1 Å². The smallest absolute Gasteiger partial charge is 0.0462 e. The van der Waals surface area contributed by atoms with Gasteiger partial charge in [0.15, 0.2) is 0 Å². The Balaban J connectivity index is 1.45. The van der Waals surface area contributed by atoms with E-state index in [9.17, 15) is 0 Å². The lowest BCUT2D eigenvalue weighted by Gasteiger charge is -2.26. The molecule has 1 nitrogen and oxygen atoms in total. The molecule has 1 aliphatic carbocycles. The number of allylic oxidation sites excluding steroid dienone is 1. The van der Waals surface area contributed by atoms with Crippen molar-refractivity contribution in [1.29, 1.82) is 0 Å². The maximum atomic E-state index is 2.33. The Labute approximate surface area is 220 Å². The zero-order chi connectivity index (χ0) is 25.5. The molecule has 0 amide bonds. The third-order valence-electron chi connectivity index (χ3n) is 7.45. The van der Waals surface area contributed by atoms with E-state index >= 15 is 0 Å². The van der Waals surface area contributed by atoms with Gasteiger partial charge in [-0.2, -0.15) is 0 Å². The molecule has 0 N–H and O–H groups in total. The Morgan fingerprint density at radius 2 is 0.919 bits per heavy atom. The minimum Gasteiger partial charge on any atom is -0.311 e. The van der Waals surface area contributed by atoms with Gasteiger partial charge in [-0.1, -0.05) is 95.6 Å². The third kappa shape index (κ3) is 4.17. The Hall–Kier alpha value is -4.36. The normalized spacial score (nSPS) is 13.2. The minimum absolute atomic E-state index is 1.15. The molecule has 0 aromatic heterocycles. The Morgan fingerprint density at radius 1 is 0.459 bits per heavy atom. The van der Waals surface area contributed by atoms with Crippen molar-refractivity contribution in [2.45, 2.75) is 27.7 Å². The number of benzene rings is 5. The maximum Gasteiger partial charge on any atom is 0.0462 e. The average molecular weight is 478 g/mol. The highest BCUT2D eigenvalue weighted by atomic mass is 15.1. The van der Waals surface area contributed by atoms with Crippen LogP contribution in [0.2, 0.25) is 0 Å². The van der Waals surface area contributed by atoms with Crippen molar-refractivity contribution in [1.82, 2.24) is 0 Å². The molecule has 0 saturated carbocycles. The monoisotopic (exact) mass is 477 g/mol. The molecule has 0 radical (unpaired) electrons. The van der Waals surface area contributed by atoms with E-state index in [1.807, 2.05) is 0 Å². The van der Waals surface area contributed by atoms with Gasteiger partial charge in [-0.15, -0.1) is 0 Å². The molecule has 5 aromatic carbocycles. The zero-order valence-corrected chi connectivity index (χ0v) is 21.9. The van der Waals surface area contributed by atoms with Crippen molar-refractivity contribution < 1.29 is 0 Å². The highest BCUT2D eigenvalue weighted by Gasteiger charge is 2.25. The molecule has 37 heavy (non-hydrogen) atoms. The summed E-state index contributed by atoms with van der Waals surface area (Å²) in [7, 11) is 0. The summed E-state index contributed by atoms with van der Waals surface area (Å²) in [6.45, 7) is 8.70. The average Bonchev–Trinajstić information content (AvgIpc) is 3.24. The van der Waals surface area contributed by atoms with Crippen LogP contribution in [0, 0.1) is 20.8 Å². The van der Waals surface area contributed by atoms with Crippen LogP contribution in [-0.2, 0) is 0 Å². The van der Waals surface area contributed by atoms with E-state index in [0.29, 0.717) is 0 Å². The molecule has 0 fully saturated rings. The van der Waals surface area contributed by atoms with Gasteiger partial charge in [0.05, 0.1) is 0 Å². The molecule has 0 unspecified atom stereocenters. The number of hydrogen-bond acceptors (Lipinski definition) is 1. The second kappa shape index (κ2) is 9.26. The second-order valence-electron chi connectivity index (χ2n) is 10.1. The molecule has 1 heteroatoms. The van der Waals surface area contributed by atoms with Gasteiger partial charge in [0.2, 0.25) is 0 Å². The Bertz CT molecular complexity index is 1570. The fraction of sp³-hybridized carbons (Fsp3) is 0.111. The molecule has 0 heterocycles. The Morgan fingerprint density at radius 3 is 1.49 bits per heavy atom. The first-order chi connectivity index (χ1) is 18.0. The second-order valence-corrected chi connectivity index (χ2v) is 10.1. The first kappa shape index (κ1) is 23.1. The van der Waals surface area contributed by atoms with Crippen molar-refractivity contribution >= 4 is 28.2 Å². The predicted octanol–water partition coefficient (Wildman–Crippen LogP) is 10.0. The molecule has 0 aliphatic heterocycles. The lowest BCUT2D eigenvalue weighted by molar-refractivity contribution is 1.27. The lowest BCUT2D eigenvalue weighted by atomic mass is 9.93. The van der Waals surface area contributed by atoms with Crippen LogP contribution >= 0.6 is 0 Å². The zero-order valence-electron chi connectivity index (χ0n) is 21.9. The van der Waals surface area contributed by atoms with Crippen LogP contribution in [0.3, 0.4) is 0 Å². The SMILES string of the molecule is CC(=C1c2ccccc2-c2ccc(C)cc21)c1ccc(N(c2ccc(C)cc2)c2ccc(C)cc2)cc1. The van der Waals surface area contributed by atoms with Crippen LogP contribution in [0.4, 0.5) is 17.1 Å². The topological polar surface area (TPSA) is 3.24 Å². The molecule has 180 valence electrons. The van der Waals surface area contributed by atoms with Gasteiger partial charge < -0.3 is 4.90 Å². The molecule has 0 saturated heterocycles. The van der Waals surface area contributed by atoms with Gasteiger partial charge in [0.25, 0.3) is 0 Å². The van der Waals surface area contributed by atoms with Crippen LogP contribution in [0.5, 0.6) is 0 Å². The van der Waals surface area contributed by atoms with Crippen molar-refractivity contribution in [2.24, 2.45) is 0 Å². The number of anilines is 3. The van der Waals surface area contributed by atoms with E-state index in [2.05, 4.69) is 148 Å². The van der Waals surface area contributed by atoms with Crippen LogP contribution in [0.1, 0.15) is 40.3 Å². The van der Waals surface area contributed by atoms with Crippen molar-refractivity contribution in [2.75, 3.05) is 4.90 Å². The third-order valence-corrected chi connectivity index (χ3v) is 7.45. The van der Waals surface area contributed by atoms with Crippen LogP contribution in [0.15, 0.2) is 115 Å². The van der Waals surface area contributed by atoms with Crippen LogP contribution in [0.25, 0.3) is 22.3 Å². The van der Waals surface area contributed by atoms with Crippen molar-refractivity contribution in [3.8, 4) is 11.1 Å². The molecule has 1 aliphatic rings. The van der Waals surface area contributed by atoms with E-state index < -0.39 is 0 Å². The fourth-order valence-electron chi connectivity index (χ4n) is 5.42. The molecule has 5 aromatic rings. The minimum atomic E-state index is 1.15. The lowest BCUT2D eigenvalue weighted by Crippen LogP contribution is -2.10. The first-order valence-electron chi connectivity index (χ1n) is 13.0. The van der Waals surface area contributed by atoms with E-state index in [0.717, 1.165) is 17.1 Å². The maximum absolute atomic E-state index is 2.33. The summed E-state index contributed by atoms with van der Waals surface area (Å²) in [6, 6.07) is 42.1. The number of aryl methyl sites for hydroxylation is 3. The molecule has 0 bridgehead atoms. The predicted molar refractivity (Wildman–Crippen MR) is 159 cm³/mol. The highest BCUT2D eigenvalue weighted by Crippen LogP contribution is 2.47. The largest absolute Gasteiger partial charge is 0.311 e. The molecular weight excluding hydrogens is 446 g/mol. The van der Waals surface area contributed by atoms with Gasteiger partial charge in [-0.3, -0.25) is 0 Å². The fourth-order valence-corrected chi connectivity index (χ4v) is 5.42. The van der Waals surface area contributed by atoms with E-state index in [1.54, 1.807) is 0 Å². The summed E-state index contributed by atoms with van der Waals surface area (Å²) in [6.07, 6.45) is 0. The van der Waals surface area contributed by atoms with Crippen molar-refractivity contribution in [3.05, 3.63) is 149 Å². The number of fused-ring (bicyclic) bond motifs is 3. The summed E-state index contributed by atoms with van der Waals surface area (Å²) >= 11 is 0. The highest BCUT2D eigenvalue weighted by molar-refractivity contribution is 6.10. The van der Waals surface area contributed by atoms with Gasteiger partial charge in [0.1, 0.15) is 0 Å². The number of rotatable bonds is 4. The van der Waals surface area contributed by atoms with E-state index in [-0.39, 0.29) is 0 Å². The quantitative estimate of drug-likeness (QED) is 0.244. The van der Waals surface area contributed by atoms with Gasteiger partial charge in [-0.05, 0) is 103 Å². The number of nitrogens with zero attached hydrogens (tertiary/aromatic N) is 1. The van der Waals surface area contributed by atoms with Gasteiger partial charge in [-0.25, -0.2) is 0 Å². The molecule has 0 spiro atoms. The van der Waals surface area contributed by atoms with Gasteiger partial charge >= 0.3 is 0 Å². The summed E-state index contributed by atoms with van der Waals surface area (Å²) in [5, 5.41) is 0. The first-order valence-corrected chi connectivity index (χ1v) is 13.0. The standard InChI is InChI=1S/C36H31N/c1-24-9-16-29(17-10-24)37(30-18-11-25(2)12-19-30)31-20-14-28(15-21-31)27(4)36-34-8-6-5-7-32(34)33-22-13-26(3)23-35(33)36/h5-23H,1-4H3. The van der Waals surface area contributed by atoms with Crippen molar-refractivity contribution in [3.63, 3.8) is 0 Å². The summed E-state index contributed by atoms with van der Waals surface area (Å²) < 4.78 is 0. The van der Waals surface area contributed by atoms with Crippen LogP contribution < -0.4 is 4.90 Å². The number of hydrogen-bond donors (Lipinski definition) is 0. The van der Waals surface area contributed by atoms with Crippen LogP contribution in [-0.4, -0.2) is 0 Å². The summed E-state index contributed by atoms with van der Waals surface area (Å²) in [5.41, 5.74) is 16.5. The Kier molecular flexibility index (Phi) is 5.77. The summed E-state index contributed by atoms with van der Waals surface area (Å²) in [4.78, 5) is 2.33. The van der Waals surface area contributed by atoms with E-state index in [4.69, 9.17) is 0 Å². The molecule has 0 atom stereocenters. The van der Waals surface area contributed by atoms with E-state index in [1.165, 1.54) is 55.7 Å². The molecule has 6 rings (SSSR count). The molecular formula is C36H31N.